The molecule has 0 spiro atoms. The molecule has 0 radical (unpaired) electrons. The molecule has 2 aromatic rings. The van der Waals surface area contributed by atoms with E-state index < -0.39 is 16.1 Å². The van der Waals surface area contributed by atoms with E-state index in [0.717, 1.165) is 23.5 Å². The van der Waals surface area contributed by atoms with Gasteiger partial charge in [0.25, 0.3) is 5.91 Å². The number of nitrogens with one attached hydrogen (secondary N) is 1. The van der Waals surface area contributed by atoms with Gasteiger partial charge in [-0.25, -0.2) is 13.4 Å². The second kappa shape index (κ2) is 7.55. The summed E-state index contributed by atoms with van der Waals surface area (Å²) < 4.78 is 33.0. The second-order valence-corrected chi connectivity index (χ2v) is 8.30. The van der Waals surface area contributed by atoms with E-state index in [4.69, 9.17) is 16.3 Å². The summed E-state index contributed by atoms with van der Waals surface area (Å²) in [7, 11) is -3.57. The lowest BCUT2D eigenvalue weighted by Crippen LogP contribution is -2.50. The van der Waals surface area contributed by atoms with Crippen LogP contribution in [-0.2, 0) is 21.4 Å². The molecule has 0 saturated carbocycles. The van der Waals surface area contributed by atoms with Gasteiger partial charge >= 0.3 is 0 Å². The number of sulfonamides is 1. The molecule has 1 atom stereocenters. The molecule has 0 fully saturated rings. The van der Waals surface area contributed by atoms with E-state index in [1.165, 1.54) is 6.07 Å². The Morgan fingerprint density at radius 3 is 2.96 bits per heavy atom. The van der Waals surface area contributed by atoms with Crippen LogP contribution < -0.4 is 14.4 Å². The van der Waals surface area contributed by atoms with Crippen molar-refractivity contribution in [3.8, 4) is 5.75 Å². The van der Waals surface area contributed by atoms with Gasteiger partial charge in [-0.1, -0.05) is 11.6 Å². The van der Waals surface area contributed by atoms with E-state index in [9.17, 15) is 13.2 Å². The third-order valence-electron chi connectivity index (χ3n) is 3.93. The maximum absolute atomic E-state index is 12.4. The van der Waals surface area contributed by atoms with Gasteiger partial charge in [-0.3, -0.25) is 9.10 Å². The Morgan fingerprint density at radius 2 is 2.27 bits per heavy atom. The summed E-state index contributed by atoms with van der Waals surface area (Å²) in [6, 6.07) is 4.66. The van der Waals surface area contributed by atoms with Crippen LogP contribution in [0.1, 0.15) is 6.42 Å². The topological polar surface area (TPSA) is 93.5 Å². The van der Waals surface area contributed by atoms with Crippen molar-refractivity contribution in [2.24, 2.45) is 0 Å². The maximum atomic E-state index is 12.4. The van der Waals surface area contributed by atoms with Gasteiger partial charge in [0.15, 0.2) is 6.10 Å². The maximum Gasteiger partial charge on any atom is 0.263 e. The lowest BCUT2D eigenvalue weighted by atomic mass is 10.2. The second-order valence-electron chi connectivity index (χ2n) is 5.96. The number of rotatable bonds is 6. The number of carbonyl (C=O) groups is 1. The Morgan fingerprint density at radius 1 is 1.46 bits per heavy atom. The summed E-state index contributed by atoms with van der Waals surface area (Å²) in [6.45, 7) is 1.07. The van der Waals surface area contributed by atoms with Crippen LogP contribution in [0.4, 0.5) is 5.69 Å². The van der Waals surface area contributed by atoms with E-state index in [0.29, 0.717) is 23.0 Å². The molecule has 2 heterocycles. The number of halogens is 1. The molecule has 8 nitrogen and oxygen atoms in total. The van der Waals surface area contributed by atoms with Crippen LogP contribution in [0, 0.1) is 0 Å². The number of imidazole rings is 1. The summed E-state index contributed by atoms with van der Waals surface area (Å²) in [5.74, 6) is -0.0467. The standard InChI is InChI=1S/C16H19ClN4O4S/c1-26(23,24)21-10-15(25-14-4-3-12(17)9-13(14)21)16(22)19-5-2-7-20-8-6-18-11-20/h3-4,6,8-9,11,15H,2,5,7,10H2,1H3,(H,19,22)/t15-/m1/s1. The van der Waals surface area contributed by atoms with E-state index in [-0.39, 0.29) is 12.5 Å². The fourth-order valence-electron chi connectivity index (χ4n) is 2.68. The zero-order valence-corrected chi connectivity index (χ0v) is 15.7. The monoisotopic (exact) mass is 398 g/mol. The van der Waals surface area contributed by atoms with Crippen molar-refractivity contribution in [1.82, 2.24) is 14.9 Å². The number of fused-ring (bicyclic) bond motifs is 1. The number of carbonyl (C=O) groups excluding carboxylic acids is 1. The number of ether oxygens (including phenoxy) is 1. The molecule has 1 aromatic carbocycles. The molecular weight excluding hydrogens is 380 g/mol. The van der Waals surface area contributed by atoms with Crippen molar-refractivity contribution in [2.75, 3.05) is 23.7 Å². The van der Waals surface area contributed by atoms with Gasteiger partial charge in [-0.05, 0) is 24.6 Å². The first-order valence-electron chi connectivity index (χ1n) is 8.02. The number of nitrogens with zero attached hydrogens (tertiary/aromatic N) is 3. The van der Waals surface area contributed by atoms with Crippen LogP contribution >= 0.6 is 11.6 Å². The number of benzene rings is 1. The largest absolute Gasteiger partial charge is 0.476 e. The van der Waals surface area contributed by atoms with Crippen LogP contribution in [0.2, 0.25) is 5.02 Å². The lowest BCUT2D eigenvalue weighted by molar-refractivity contribution is -0.127. The molecule has 26 heavy (non-hydrogen) atoms. The van der Waals surface area contributed by atoms with Gasteiger partial charge in [-0.15, -0.1) is 0 Å². The first kappa shape index (κ1) is 18.5. The van der Waals surface area contributed by atoms with E-state index >= 15 is 0 Å². The summed E-state index contributed by atoms with van der Waals surface area (Å²) in [5.41, 5.74) is 0.337. The molecule has 0 saturated heterocycles. The fraction of sp³-hybridized carbons (Fsp3) is 0.375. The molecule has 0 bridgehead atoms. The Labute approximate surface area is 156 Å². The highest BCUT2D eigenvalue weighted by Gasteiger charge is 2.35. The first-order chi connectivity index (χ1) is 12.3. The van der Waals surface area contributed by atoms with Crippen molar-refractivity contribution in [3.63, 3.8) is 0 Å². The fourth-order valence-corrected chi connectivity index (χ4v) is 3.75. The van der Waals surface area contributed by atoms with Gasteiger partial charge in [-0.2, -0.15) is 0 Å². The van der Waals surface area contributed by atoms with E-state index in [1.807, 2.05) is 10.8 Å². The molecule has 0 aliphatic carbocycles. The highest BCUT2D eigenvalue weighted by atomic mass is 35.5. The lowest BCUT2D eigenvalue weighted by Gasteiger charge is -2.34. The molecule has 1 amide bonds. The summed E-state index contributed by atoms with van der Waals surface area (Å²) in [4.78, 5) is 16.4. The van der Waals surface area contributed by atoms with Gasteiger partial charge < -0.3 is 14.6 Å². The molecular formula is C16H19ClN4O4S. The minimum Gasteiger partial charge on any atom is -0.476 e. The Balaban J connectivity index is 1.65. The SMILES string of the molecule is CS(=O)(=O)N1C[C@H](C(=O)NCCCn2ccnc2)Oc2ccc(Cl)cc21. The van der Waals surface area contributed by atoms with Gasteiger partial charge in [0.1, 0.15) is 5.75 Å². The third-order valence-corrected chi connectivity index (χ3v) is 5.32. The normalized spacial score (nSPS) is 16.7. The Hall–Kier alpha value is -2.26. The van der Waals surface area contributed by atoms with E-state index in [2.05, 4.69) is 10.3 Å². The van der Waals surface area contributed by atoms with Crippen molar-refractivity contribution in [1.29, 1.82) is 0 Å². The number of anilines is 1. The molecule has 1 aliphatic heterocycles. The van der Waals surface area contributed by atoms with Crippen molar-refractivity contribution < 1.29 is 17.9 Å². The molecule has 140 valence electrons. The third kappa shape index (κ3) is 4.28. The molecule has 10 heteroatoms. The van der Waals surface area contributed by atoms with Crippen LogP contribution in [0.15, 0.2) is 36.9 Å². The van der Waals surface area contributed by atoms with Crippen molar-refractivity contribution in [3.05, 3.63) is 41.9 Å². The van der Waals surface area contributed by atoms with Crippen LogP contribution in [0.5, 0.6) is 5.75 Å². The Kier molecular flexibility index (Phi) is 5.38. The molecule has 1 aromatic heterocycles. The summed E-state index contributed by atoms with van der Waals surface area (Å²) in [5, 5.41) is 3.18. The van der Waals surface area contributed by atoms with Gasteiger partial charge in [0.2, 0.25) is 10.0 Å². The molecule has 3 rings (SSSR count). The minimum atomic E-state index is -3.57. The highest BCUT2D eigenvalue weighted by molar-refractivity contribution is 7.92. The molecule has 1 aliphatic rings. The predicted octanol–water partition coefficient (Wildman–Crippen LogP) is 1.27. The van der Waals surface area contributed by atoms with Crippen molar-refractivity contribution >= 4 is 33.2 Å². The summed E-state index contributed by atoms with van der Waals surface area (Å²) in [6.07, 6.45) is 6.13. The number of hydrogen-bond donors (Lipinski definition) is 1. The minimum absolute atomic E-state index is 0.0977. The predicted molar refractivity (Wildman–Crippen MR) is 97.9 cm³/mol. The van der Waals surface area contributed by atoms with Crippen molar-refractivity contribution in [2.45, 2.75) is 19.1 Å². The Bertz CT molecular complexity index is 886. The first-order valence-corrected chi connectivity index (χ1v) is 10.2. The van der Waals surface area contributed by atoms with Crippen LogP contribution in [0.25, 0.3) is 0 Å². The zero-order valence-electron chi connectivity index (χ0n) is 14.1. The summed E-state index contributed by atoms with van der Waals surface area (Å²) >= 11 is 5.96. The van der Waals surface area contributed by atoms with Gasteiger partial charge in [0, 0.05) is 30.5 Å². The number of aryl methyl sites for hydroxylation is 1. The number of amides is 1. The molecule has 1 N–H and O–H groups in total. The average molecular weight is 399 g/mol. The number of hydrogen-bond acceptors (Lipinski definition) is 5. The zero-order chi connectivity index (χ0) is 18.7. The van der Waals surface area contributed by atoms with Crippen LogP contribution in [-0.4, -0.2) is 49.3 Å². The van der Waals surface area contributed by atoms with Crippen LogP contribution in [0.3, 0.4) is 0 Å². The average Bonchev–Trinajstić information content (AvgIpc) is 3.10. The number of aromatic nitrogens is 2. The molecule has 0 unspecified atom stereocenters. The van der Waals surface area contributed by atoms with Gasteiger partial charge in [0.05, 0.1) is 24.8 Å². The van der Waals surface area contributed by atoms with E-state index in [1.54, 1.807) is 24.7 Å². The highest BCUT2D eigenvalue weighted by Crippen LogP contribution is 2.37. The smallest absolute Gasteiger partial charge is 0.263 e. The quantitative estimate of drug-likeness (QED) is 0.739.